The third kappa shape index (κ3) is 6.92. The molecule has 0 radical (unpaired) electrons. The molecule has 10 heteroatoms. The van der Waals surface area contributed by atoms with Crippen LogP contribution in [-0.4, -0.2) is 58.8 Å². The maximum atomic E-state index is 11.6. The second-order valence-electron chi connectivity index (χ2n) is 6.89. The van der Waals surface area contributed by atoms with Crippen molar-refractivity contribution in [3.05, 3.63) is 59.1 Å². The summed E-state index contributed by atoms with van der Waals surface area (Å²) >= 11 is 6.11. The molecule has 0 amide bonds. The molecule has 2 aromatic rings. The number of halogens is 2. The Morgan fingerprint density at radius 1 is 1.10 bits per heavy atom. The van der Waals surface area contributed by atoms with Gasteiger partial charge in [-0.25, -0.2) is 8.42 Å². The van der Waals surface area contributed by atoms with E-state index in [4.69, 9.17) is 11.6 Å². The molecule has 0 spiro atoms. The van der Waals surface area contributed by atoms with E-state index in [0.29, 0.717) is 12.2 Å². The van der Waals surface area contributed by atoms with Gasteiger partial charge in [-0.05, 0) is 29.8 Å². The van der Waals surface area contributed by atoms with E-state index in [9.17, 15) is 8.42 Å². The van der Waals surface area contributed by atoms with E-state index in [1.54, 1.807) is 19.2 Å². The van der Waals surface area contributed by atoms with E-state index in [1.165, 1.54) is 0 Å². The number of piperazine rings is 1. The minimum absolute atomic E-state index is 0. The summed E-state index contributed by atoms with van der Waals surface area (Å²) in [7, 11) is -1.58. The third-order valence-electron chi connectivity index (χ3n) is 4.71. The van der Waals surface area contributed by atoms with Crippen molar-refractivity contribution in [3.63, 3.8) is 0 Å². The Hall–Kier alpha value is -1.72. The average molecular weight is 564 g/mol. The van der Waals surface area contributed by atoms with Crippen molar-refractivity contribution in [2.24, 2.45) is 4.99 Å². The lowest BCUT2D eigenvalue weighted by atomic mass is 10.2. The molecule has 1 aliphatic heterocycles. The number of rotatable bonds is 5. The molecule has 1 saturated heterocycles. The zero-order chi connectivity index (χ0) is 20.9. The second-order valence-corrected chi connectivity index (χ2v) is 9.07. The molecule has 1 fully saturated rings. The number of aliphatic imine (C=N–C) groups is 1. The zero-order valence-electron chi connectivity index (χ0n) is 17.0. The van der Waals surface area contributed by atoms with Gasteiger partial charge in [-0.3, -0.25) is 9.71 Å². The van der Waals surface area contributed by atoms with Gasteiger partial charge in [0, 0.05) is 50.5 Å². The van der Waals surface area contributed by atoms with Crippen LogP contribution < -0.4 is 14.9 Å². The first-order chi connectivity index (χ1) is 13.9. The summed E-state index contributed by atoms with van der Waals surface area (Å²) in [4.78, 5) is 8.90. The van der Waals surface area contributed by atoms with Crippen LogP contribution in [0.5, 0.6) is 0 Å². The summed E-state index contributed by atoms with van der Waals surface area (Å²) in [5, 5.41) is 4.09. The fourth-order valence-electron chi connectivity index (χ4n) is 3.33. The van der Waals surface area contributed by atoms with E-state index < -0.39 is 10.0 Å². The van der Waals surface area contributed by atoms with Crippen molar-refractivity contribution in [1.29, 1.82) is 0 Å². The van der Waals surface area contributed by atoms with Crippen molar-refractivity contribution in [2.75, 3.05) is 49.1 Å². The van der Waals surface area contributed by atoms with Crippen molar-refractivity contribution in [1.82, 2.24) is 10.2 Å². The highest BCUT2D eigenvalue weighted by Crippen LogP contribution is 2.21. The van der Waals surface area contributed by atoms with Gasteiger partial charge in [0.2, 0.25) is 10.0 Å². The Morgan fingerprint density at radius 2 is 1.80 bits per heavy atom. The molecule has 2 aromatic carbocycles. The predicted molar refractivity (Wildman–Crippen MR) is 136 cm³/mol. The molecule has 2 N–H and O–H groups in total. The first-order valence-electron chi connectivity index (χ1n) is 9.37. The first kappa shape index (κ1) is 24.5. The molecule has 0 bridgehead atoms. The molecule has 0 saturated carbocycles. The predicted octanol–water partition coefficient (Wildman–Crippen LogP) is 3.23. The quantitative estimate of drug-likeness (QED) is 0.332. The van der Waals surface area contributed by atoms with Crippen molar-refractivity contribution < 1.29 is 8.42 Å². The molecule has 7 nitrogen and oxygen atoms in total. The Kier molecular flexibility index (Phi) is 9.05. The van der Waals surface area contributed by atoms with E-state index in [-0.39, 0.29) is 24.0 Å². The lowest BCUT2D eigenvalue weighted by Gasteiger charge is -2.37. The number of hydrogen-bond acceptors (Lipinski definition) is 4. The Morgan fingerprint density at radius 3 is 2.43 bits per heavy atom. The topological polar surface area (TPSA) is 77.0 Å². The standard InChI is InChI=1S/C20H26ClN5O2S.HI/c1-22-20(23-15-16-6-3-4-9-19(16)24-29(2,27)28)26-12-10-25(11-13-26)18-8-5-7-17(21)14-18;/h3-9,14,24H,10-13,15H2,1-2H3,(H,22,23);1H. The molecule has 30 heavy (non-hydrogen) atoms. The molecular weight excluding hydrogens is 537 g/mol. The highest BCUT2D eigenvalue weighted by molar-refractivity contribution is 14.0. The SMILES string of the molecule is CN=C(NCc1ccccc1NS(C)(=O)=O)N1CCN(c2cccc(Cl)c2)CC1.I. The normalized spacial score (nSPS) is 14.8. The van der Waals surface area contributed by atoms with Gasteiger partial charge in [0.05, 0.1) is 11.9 Å². The van der Waals surface area contributed by atoms with Gasteiger partial charge in [-0.2, -0.15) is 0 Å². The van der Waals surface area contributed by atoms with Crippen LogP contribution in [0.2, 0.25) is 5.02 Å². The summed E-state index contributed by atoms with van der Waals surface area (Å²) in [6, 6.07) is 15.2. The Bertz CT molecular complexity index is 979. The van der Waals surface area contributed by atoms with Crippen molar-refractivity contribution >= 4 is 62.9 Å². The minimum atomic E-state index is -3.33. The number of nitrogens with one attached hydrogen (secondary N) is 2. The highest BCUT2D eigenvalue weighted by atomic mass is 127. The van der Waals surface area contributed by atoms with Gasteiger partial charge < -0.3 is 15.1 Å². The number of sulfonamides is 1. The minimum Gasteiger partial charge on any atom is -0.368 e. The van der Waals surface area contributed by atoms with Crippen LogP contribution in [0.25, 0.3) is 0 Å². The molecule has 0 aliphatic carbocycles. The number of benzene rings is 2. The monoisotopic (exact) mass is 563 g/mol. The fourth-order valence-corrected chi connectivity index (χ4v) is 4.11. The highest BCUT2D eigenvalue weighted by Gasteiger charge is 2.20. The smallest absolute Gasteiger partial charge is 0.229 e. The maximum absolute atomic E-state index is 11.6. The summed E-state index contributed by atoms with van der Waals surface area (Å²) in [6.45, 7) is 3.87. The zero-order valence-corrected chi connectivity index (χ0v) is 20.9. The van der Waals surface area contributed by atoms with Crippen LogP contribution in [0.3, 0.4) is 0 Å². The Balaban J connectivity index is 0.00000320. The van der Waals surface area contributed by atoms with Crippen LogP contribution in [0, 0.1) is 0 Å². The summed E-state index contributed by atoms with van der Waals surface area (Å²) in [5.74, 6) is 0.796. The van der Waals surface area contributed by atoms with E-state index in [0.717, 1.165) is 54.7 Å². The molecule has 164 valence electrons. The molecule has 0 unspecified atom stereocenters. The number of guanidine groups is 1. The largest absolute Gasteiger partial charge is 0.368 e. The van der Waals surface area contributed by atoms with Crippen molar-refractivity contribution in [2.45, 2.75) is 6.54 Å². The van der Waals surface area contributed by atoms with Crippen LogP contribution in [0.4, 0.5) is 11.4 Å². The summed E-state index contributed by atoms with van der Waals surface area (Å²) in [5.41, 5.74) is 2.56. The van der Waals surface area contributed by atoms with Gasteiger partial charge in [-0.1, -0.05) is 35.9 Å². The second kappa shape index (κ2) is 11.1. The van der Waals surface area contributed by atoms with Crippen LogP contribution in [0.1, 0.15) is 5.56 Å². The van der Waals surface area contributed by atoms with Gasteiger partial charge in [0.15, 0.2) is 5.96 Å². The lowest BCUT2D eigenvalue weighted by molar-refractivity contribution is 0.372. The lowest BCUT2D eigenvalue weighted by Crippen LogP contribution is -2.52. The molecular formula is C20H27ClIN5O2S. The van der Waals surface area contributed by atoms with Crippen molar-refractivity contribution in [3.8, 4) is 0 Å². The third-order valence-corrected chi connectivity index (χ3v) is 5.54. The van der Waals surface area contributed by atoms with Crippen LogP contribution in [-0.2, 0) is 16.6 Å². The van der Waals surface area contributed by atoms with E-state index >= 15 is 0 Å². The van der Waals surface area contributed by atoms with Gasteiger partial charge >= 0.3 is 0 Å². The first-order valence-corrected chi connectivity index (χ1v) is 11.6. The summed E-state index contributed by atoms with van der Waals surface area (Å²) < 4.78 is 25.7. The van der Waals surface area contributed by atoms with Crippen LogP contribution >= 0.6 is 35.6 Å². The summed E-state index contributed by atoms with van der Waals surface area (Å²) in [6.07, 6.45) is 1.15. The molecule has 0 atom stereocenters. The van der Waals surface area contributed by atoms with Gasteiger partial charge in [0.25, 0.3) is 0 Å². The molecule has 1 aliphatic rings. The molecule has 3 rings (SSSR count). The molecule has 0 aromatic heterocycles. The maximum Gasteiger partial charge on any atom is 0.229 e. The number of nitrogens with zero attached hydrogens (tertiary/aromatic N) is 3. The fraction of sp³-hybridized carbons (Fsp3) is 0.350. The van der Waals surface area contributed by atoms with Gasteiger partial charge in [-0.15, -0.1) is 24.0 Å². The van der Waals surface area contributed by atoms with Crippen LogP contribution in [0.15, 0.2) is 53.5 Å². The number of hydrogen-bond donors (Lipinski definition) is 2. The average Bonchev–Trinajstić information content (AvgIpc) is 2.69. The molecule has 1 heterocycles. The van der Waals surface area contributed by atoms with E-state index in [1.807, 2.05) is 30.3 Å². The van der Waals surface area contributed by atoms with Gasteiger partial charge in [0.1, 0.15) is 0 Å². The number of anilines is 2. The number of para-hydroxylation sites is 1. The van der Waals surface area contributed by atoms with E-state index in [2.05, 4.69) is 30.9 Å². The Labute approximate surface area is 200 Å².